The average molecular weight is 475 g/mol. The van der Waals surface area contributed by atoms with Gasteiger partial charge in [0.15, 0.2) is 0 Å². The largest absolute Gasteiger partial charge is 0.462 e. The van der Waals surface area contributed by atoms with Crippen LogP contribution in [0.15, 0.2) is 53.3 Å². The number of H-pyrrole nitrogens is 1. The number of fused-ring (bicyclic) bond motifs is 1. The Morgan fingerprint density at radius 3 is 2.43 bits per heavy atom. The van der Waals surface area contributed by atoms with E-state index >= 15 is 0 Å². The van der Waals surface area contributed by atoms with Crippen LogP contribution in [0.25, 0.3) is 22.8 Å². The predicted octanol–water partition coefficient (Wildman–Crippen LogP) is 4.91. The molecule has 35 heavy (non-hydrogen) atoms. The van der Waals surface area contributed by atoms with Crippen LogP contribution in [-0.2, 0) is 11.2 Å². The van der Waals surface area contributed by atoms with E-state index in [1.165, 1.54) is 30.3 Å². The van der Waals surface area contributed by atoms with Crippen LogP contribution in [0.3, 0.4) is 0 Å². The zero-order valence-corrected chi connectivity index (χ0v) is 18.8. The fourth-order valence-corrected chi connectivity index (χ4v) is 4.31. The van der Waals surface area contributed by atoms with Crippen molar-refractivity contribution in [1.29, 1.82) is 0 Å². The molecule has 0 spiro atoms. The molecule has 0 amide bonds. The predicted molar refractivity (Wildman–Crippen MR) is 129 cm³/mol. The summed E-state index contributed by atoms with van der Waals surface area (Å²) in [4.78, 5) is 50.3. The van der Waals surface area contributed by atoms with Gasteiger partial charge in [-0.2, -0.15) is 0 Å². The molecule has 0 bridgehead atoms. The Morgan fingerprint density at radius 1 is 1.06 bits per heavy atom. The van der Waals surface area contributed by atoms with Crippen LogP contribution in [0.5, 0.6) is 0 Å². The van der Waals surface area contributed by atoms with Gasteiger partial charge < -0.3 is 9.72 Å². The maximum Gasteiger partial charge on any atom is 0.344 e. The standard InChI is InChI=1S/C25H21N3O7/c1-2-35-25(30)22-21(16-7-4-10-19(14-16)28(33)34)20-11-5-8-17(23(20)26-24(22)29)12-15-6-3-9-18(13-15)27(31)32/h3-4,6-7,9-10,12-14H,2,5,8,11H2,1H3,(H,26,29)/b17-12+. The molecule has 0 unspecified atom stereocenters. The van der Waals surface area contributed by atoms with Gasteiger partial charge in [-0.25, -0.2) is 4.79 Å². The van der Waals surface area contributed by atoms with Gasteiger partial charge in [-0.05, 0) is 54.5 Å². The number of nitrogens with zero attached hydrogens (tertiary/aromatic N) is 2. The number of nitro benzene ring substituents is 2. The molecule has 0 fully saturated rings. The third-order valence-electron chi connectivity index (χ3n) is 5.76. The molecule has 0 atom stereocenters. The molecule has 0 saturated heterocycles. The maximum atomic E-state index is 13.2. The normalized spacial score (nSPS) is 13.8. The first-order valence-electron chi connectivity index (χ1n) is 11.0. The summed E-state index contributed by atoms with van der Waals surface area (Å²) in [5.74, 6) is -0.812. The fraction of sp³-hybridized carbons (Fsp3) is 0.200. The summed E-state index contributed by atoms with van der Waals surface area (Å²) in [6, 6.07) is 11.9. The number of nitrogens with one attached hydrogen (secondary N) is 1. The number of esters is 1. The first-order chi connectivity index (χ1) is 16.8. The van der Waals surface area contributed by atoms with Crippen molar-refractivity contribution in [2.75, 3.05) is 6.61 Å². The highest BCUT2D eigenvalue weighted by molar-refractivity contribution is 5.99. The molecule has 0 radical (unpaired) electrons. The Balaban J connectivity index is 1.97. The van der Waals surface area contributed by atoms with E-state index in [1.807, 2.05) is 0 Å². The number of carbonyl (C=O) groups is 1. The second kappa shape index (κ2) is 9.72. The summed E-state index contributed by atoms with van der Waals surface area (Å²) in [6.45, 7) is 1.68. The van der Waals surface area contributed by atoms with Gasteiger partial charge in [-0.1, -0.05) is 24.3 Å². The van der Waals surface area contributed by atoms with Crippen LogP contribution in [0.2, 0.25) is 0 Å². The molecule has 3 aromatic rings. The zero-order valence-electron chi connectivity index (χ0n) is 18.8. The minimum Gasteiger partial charge on any atom is -0.462 e. The van der Waals surface area contributed by atoms with E-state index in [-0.39, 0.29) is 23.5 Å². The van der Waals surface area contributed by atoms with E-state index in [0.29, 0.717) is 47.2 Å². The number of aromatic nitrogens is 1. The highest BCUT2D eigenvalue weighted by Gasteiger charge is 2.28. The summed E-state index contributed by atoms with van der Waals surface area (Å²) in [7, 11) is 0. The van der Waals surface area contributed by atoms with Gasteiger partial charge in [0.25, 0.3) is 16.9 Å². The summed E-state index contributed by atoms with van der Waals surface area (Å²) in [5, 5.41) is 22.5. The number of rotatable bonds is 6. The van der Waals surface area contributed by atoms with E-state index in [0.717, 1.165) is 5.57 Å². The topological polar surface area (TPSA) is 145 Å². The van der Waals surface area contributed by atoms with Crippen LogP contribution in [0.4, 0.5) is 11.4 Å². The van der Waals surface area contributed by atoms with Crippen LogP contribution < -0.4 is 5.56 Å². The number of hydrogen-bond acceptors (Lipinski definition) is 7. The fourth-order valence-electron chi connectivity index (χ4n) is 4.31. The van der Waals surface area contributed by atoms with Crippen molar-refractivity contribution in [3.05, 3.63) is 101 Å². The lowest BCUT2D eigenvalue weighted by Crippen LogP contribution is -2.25. The van der Waals surface area contributed by atoms with Gasteiger partial charge >= 0.3 is 5.97 Å². The molecular weight excluding hydrogens is 454 g/mol. The minimum atomic E-state index is -0.812. The molecule has 1 aromatic heterocycles. The Morgan fingerprint density at radius 2 is 1.74 bits per heavy atom. The number of benzene rings is 2. The van der Waals surface area contributed by atoms with Crippen molar-refractivity contribution in [3.63, 3.8) is 0 Å². The lowest BCUT2D eigenvalue weighted by Gasteiger charge is -2.23. The number of non-ortho nitro benzene ring substituents is 2. The highest BCUT2D eigenvalue weighted by atomic mass is 16.6. The number of allylic oxidation sites excluding steroid dienone is 1. The van der Waals surface area contributed by atoms with E-state index in [9.17, 15) is 29.8 Å². The lowest BCUT2D eigenvalue weighted by molar-refractivity contribution is -0.385. The summed E-state index contributed by atoms with van der Waals surface area (Å²) in [6.07, 6.45) is 3.56. The first-order valence-corrected chi connectivity index (χ1v) is 11.0. The zero-order chi connectivity index (χ0) is 25.1. The summed E-state index contributed by atoms with van der Waals surface area (Å²) < 4.78 is 5.13. The molecule has 0 saturated carbocycles. The van der Waals surface area contributed by atoms with Gasteiger partial charge in [-0.3, -0.25) is 25.0 Å². The Labute approximate surface area is 199 Å². The molecular formula is C25H21N3O7. The molecule has 2 aromatic carbocycles. The van der Waals surface area contributed by atoms with Crippen molar-refractivity contribution >= 4 is 29.0 Å². The van der Waals surface area contributed by atoms with Crippen LogP contribution in [-0.4, -0.2) is 27.4 Å². The minimum absolute atomic E-state index is 0.0566. The molecule has 10 heteroatoms. The van der Waals surface area contributed by atoms with Crippen LogP contribution in [0.1, 0.15) is 46.9 Å². The lowest BCUT2D eigenvalue weighted by atomic mass is 9.83. The average Bonchev–Trinajstić information content (AvgIpc) is 2.84. The van der Waals surface area contributed by atoms with Crippen molar-refractivity contribution in [3.8, 4) is 11.1 Å². The molecule has 178 valence electrons. The van der Waals surface area contributed by atoms with E-state index in [2.05, 4.69) is 4.98 Å². The van der Waals surface area contributed by atoms with E-state index in [4.69, 9.17) is 4.74 Å². The molecule has 1 aliphatic rings. The second-order valence-electron chi connectivity index (χ2n) is 7.96. The SMILES string of the molecule is CCOC(=O)c1c(-c2cccc([N+](=O)[O-])c2)c2c([nH]c1=O)/C(=C/c1cccc([N+](=O)[O-])c1)CCC2. The summed E-state index contributed by atoms with van der Waals surface area (Å²) >= 11 is 0. The Bertz CT molecular complexity index is 1440. The molecule has 1 N–H and O–H groups in total. The van der Waals surface area contributed by atoms with Crippen molar-refractivity contribution < 1.29 is 19.4 Å². The van der Waals surface area contributed by atoms with Crippen LogP contribution >= 0.6 is 0 Å². The monoisotopic (exact) mass is 475 g/mol. The number of pyridine rings is 1. The van der Waals surface area contributed by atoms with Crippen molar-refractivity contribution in [1.82, 2.24) is 4.98 Å². The summed E-state index contributed by atoms with van der Waals surface area (Å²) in [5.41, 5.74) is 2.06. The Kier molecular flexibility index (Phi) is 6.54. The molecule has 1 aliphatic carbocycles. The highest BCUT2D eigenvalue weighted by Crippen LogP contribution is 2.38. The number of ether oxygens (including phenoxy) is 1. The van der Waals surface area contributed by atoms with E-state index in [1.54, 1.807) is 31.2 Å². The van der Waals surface area contributed by atoms with Gasteiger partial charge in [0.1, 0.15) is 5.56 Å². The second-order valence-corrected chi connectivity index (χ2v) is 7.96. The number of hydrogen-bond donors (Lipinski definition) is 1. The van der Waals surface area contributed by atoms with Crippen LogP contribution in [0, 0.1) is 20.2 Å². The third kappa shape index (κ3) is 4.72. The van der Waals surface area contributed by atoms with Gasteiger partial charge in [0.2, 0.25) is 0 Å². The number of nitro groups is 2. The van der Waals surface area contributed by atoms with Gasteiger partial charge in [0.05, 0.1) is 16.5 Å². The smallest absolute Gasteiger partial charge is 0.344 e. The molecule has 1 heterocycles. The molecule has 0 aliphatic heterocycles. The van der Waals surface area contributed by atoms with Gasteiger partial charge in [0, 0.05) is 35.5 Å². The Hall–Kier alpha value is -4.60. The van der Waals surface area contributed by atoms with Crippen molar-refractivity contribution in [2.45, 2.75) is 26.2 Å². The molecule has 4 rings (SSSR count). The van der Waals surface area contributed by atoms with Crippen molar-refractivity contribution in [2.24, 2.45) is 0 Å². The first kappa shape index (κ1) is 23.6. The number of aromatic amines is 1. The maximum absolute atomic E-state index is 13.2. The number of carbonyl (C=O) groups excluding carboxylic acids is 1. The quantitative estimate of drug-likeness (QED) is 0.303. The third-order valence-corrected chi connectivity index (χ3v) is 5.76. The molecule has 10 nitrogen and oxygen atoms in total. The van der Waals surface area contributed by atoms with Gasteiger partial charge in [-0.15, -0.1) is 0 Å². The van der Waals surface area contributed by atoms with E-state index < -0.39 is 21.4 Å².